The summed E-state index contributed by atoms with van der Waals surface area (Å²) in [6, 6.07) is 0. The van der Waals surface area contributed by atoms with Crippen molar-refractivity contribution < 1.29 is 27.7 Å². The van der Waals surface area contributed by atoms with Crippen molar-refractivity contribution in [1.29, 1.82) is 0 Å². The Morgan fingerprint density at radius 3 is 1.00 bits per heavy atom. The van der Waals surface area contributed by atoms with E-state index in [0.29, 0.717) is 19.8 Å². The highest BCUT2D eigenvalue weighted by atomic mass is 16.9. The third-order valence-corrected chi connectivity index (χ3v) is 4.42. The third-order valence-electron chi connectivity index (χ3n) is 4.42. The molecular weight excluding hydrogens is 345 g/mol. The van der Waals surface area contributed by atoms with Gasteiger partial charge in [0.05, 0.1) is 0 Å². The van der Waals surface area contributed by atoms with Gasteiger partial charge >= 0.3 is 22.0 Å². The van der Waals surface area contributed by atoms with Crippen molar-refractivity contribution in [2.75, 3.05) is 19.8 Å². The molecule has 1 aliphatic rings. The highest BCUT2D eigenvalue weighted by Gasteiger charge is 2.46. The van der Waals surface area contributed by atoms with Crippen LogP contribution in [0.1, 0.15) is 97.8 Å². The van der Waals surface area contributed by atoms with Crippen LogP contribution in [0.4, 0.5) is 0 Å². The first-order valence-corrected chi connectivity index (χ1v) is 11.1. The molecule has 9 heteroatoms. The molecule has 1 saturated heterocycles. The summed E-state index contributed by atoms with van der Waals surface area (Å²) in [7, 11) is -2.41. The summed E-state index contributed by atoms with van der Waals surface area (Å²) in [5.74, 6) is 0. The van der Waals surface area contributed by atoms with Crippen LogP contribution >= 0.6 is 0 Å². The molecule has 0 aromatic carbocycles. The second-order valence-electron chi connectivity index (χ2n) is 7.07. The van der Waals surface area contributed by atoms with Crippen LogP contribution in [0.5, 0.6) is 0 Å². The van der Waals surface area contributed by atoms with Crippen LogP contribution in [0.3, 0.4) is 0 Å². The molecule has 156 valence electrons. The Morgan fingerprint density at radius 2 is 0.741 bits per heavy atom. The van der Waals surface area contributed by atoms with E-state index in [-0.39, 0.29) is 0 Å². The molecule has 1 rings (SSSR count). The number of unbranched alkanes of at least 4 members (excludes halogenated alkanes) is 9. The van der Waals surface area contributed by atoms with E-state index >= 15 is 0 Å². The normalized spacial score (nSPS) is 15.0. The van der Waals surface area contributed by atoms with E-state index in [1.165, 1.54) is 38.5 Å². The highest BCUT2D eigenvalue weighted by Crippen LogP contribution is 2.13. The van der Waals surface area contributed by atoms with Gasteiger partial charge in [0.25, 0.3) is 0 Å². The van der Waals surface area contributed by atoms with E-state index < -0.39 is 22.0 Å². The molecule has 0 aliphatic carbocycles. The molecule has 0 atom stereocenters. The molecule has 0 aromatic heterocycles. The molecule has 1 fully saturated rings. The van der Waals surface area contributed by atoms with Crippen molar-refractivity contribution in [3.8, 4) is 0 Å². The SMILES string of the molecule is CCCCCCOB1OB(OCCCCCC)OB(OCCCCCC)O1. The van der Waals surface area contributed by atoms with Gasteiger partial charge in [0, 0.05) is 19.8 Å². The Kier molecular flexibility index (Phi) is 16.7. The average Bonchev–Trinajstić information content (AvgIpc) is 2.67. The predicted molar refractivity (Wildman–Crippen MR) is 111 cm³/mol. The fourth-order valence-corrected chi connectivity index (χ4v) is 2.73. The molecule has 0 radical (unpaired) electrons. The molecular formula is C18H39B3O6. The van der Waals surface area contributed by atoms with Gasteiger partial charge in [0.2, 0.25) is 0 Å². The number of hydrogen-bond donors (Lipinski definition) is 0. The lowest BCUT2D eigenvalue weighted by molar-refractivity contribution is 0.0647. The summed E-state index contributed by atoms with van der Waals surface area (Å²) < 4.78 is 33.9. The van der Waals surface area contributed by atoms with Gasteiger partial charge in [0.1, 0.15) is 0 Å². The van der Waals surface area contributed by atoms with E-state index in [1.54, 1.807) is 0 Å². The maximum absolute atomic E-state index is 5.70. The molecule has 1 heterocycles. The van der Waals surface area contributed by atoms with Gasteiger partial charge in [-0.2, -0.15) is 0 Å². The average molecular weight is 384 g/mol. The van der Waals surface area contributed by atoms with E-state index in [9.17, 15) is 0 Å². The van der Waals surface area contributed by atoms with Crippen LogP contribution in [-0.4, -0.2) is 41.8 Å². The lowest BCUT2D eigenvalue weighted by atomic mass is 9.96. The van der Waals surface area contributed by atoms with Gasteiger partial charge in [-0.1, -0.05) is 78.6 Å². The molecule has 0 bridgehead atoms. The summed E-state index contributed by atoms with van der Waals surface area (Å²) >= 11 is 0. The molecule has 0 amide bonds. The first-order chi connectivity index (χ1) is 13.3. The summed E-state index contributed by atoms with van der Waals surface area (Å²) in [5.41, 5.74) is 0. The summed E-state index contributed by atoms with van der Waals surface area (Å²) in [6.45, 7) is 8.36. The van der Waals surface area contributed by atoms with Gasteiger partial charge in [-0.05, 0) is 19.3 Å². The minimum Gasteiger partial charge on any atom is -0.400 e. The highest BCUT2D eigenvalue weighted by molar-refractivity contribution is 6.66. The van der Waals surface area contributed by atoms with Gasteiger partial charge in [-0.25, -0.2) is 0 Å². The Bertz CT molecular complexity index is 274. The van der Waals surface area contributed by atoms with Crippen LogP contribution < -0.4 is 0 Å². The van der Waals surface area contributed by atoms with Crippen molar-refractivity contribution in [1.82, 2.24) is 0 Å². The van der Waals surface area contributed by atoms with Crippen LogP contribution in [0.15, 0.2) is 0 Å². The van der Waals surface area contributed by atoms with Crippen LogP contribution in [-0.2, 0) is 27.7 Å². The zero-order chi connectivity index (χ0) is 19.6. The Balaban J connectivity index is 2.31. The number of rotatable bonds is 18. The summed E-state index contributed by atoms with van der Waals surface area (Å²) in [4.78, 5) is 0. The molecule has 0 aromatic rings. The fraction of sp³-hybridized carbons (Fsp3) is 1.00. The van der Waals surface area contributed by atoms with E-state index in [0.717, 1.165) is 38.5 Å². The molecule has 0 saturated carbocycles. The van der Waals surface area contributed by atoms with Gasteiger partial charge in [0.15, 0.2) is 0 Å². The zero-order valence-electron chi connectivity index (χ0n) is 17.8. The lowest BCUT2D eigenvalue weighted by Gasteiger charge is -2.28. The van der Waals surface area contributed by atoms with Crippen molar-refractivity contribution in [3.63, 3.8) is 0 Å². The summed E-state index contributed by atoms with van der Waals surface area (Å²) in [6.07, 6.45) is 13.7. The minimum atomic E-state index is -0.804. The molecule has 6 nitrogen and oxygen atoms in total. The van der Waals surface area contributed by atoms with Gasteiger partial charge in [-0.15, -0.1) is 0 Å². The zero-order valence-corrected chi connectivity index (χ0v) is 17.8. The molecule has 0 N–H and O–H groups in total. The molecule has 27 heavy (non-hydrogen) atoms. The number of hydrogen-bond acceptors (Lipinski definition) is 6. The lowest BCUT2D eigenvalue weighted by Crippen LogP contribution is -2.53. The third kappa shape index (κ3) is 13.7. The van der Waals surface area contributed by atoms with Gasteiger partial charge in [-0.3, -0.25) is 0 Å². The smallest absolute Gasteiger partial charge is 0.400 e. The predicted octanol–water partition coefficient (Wildman–Crippen LogP) is 4.80. The fourth-order valence-electron chi connectivity index (χ4n) is 2.73. The first kappa shape index (κ1) is 25.0. The monoisotopic (exact) mass is 384 g/mol. The van der Waals surface area contributed by atoms with Crippen molar-refractivity contribution in [3.05, 3.63) is 0 Å². The van der Waals surface area contributed by atoms with E-state index in [1.807, 2.05) is 0 Å². The topological polar surface area (TPSA) is 55.4 Å². The quantitative estimate of drug-likeness (QED) is 0.250. The Hall–Kier alpha value is -0.0452. The van der Waals surface area contributed by atoms with Crippen LogP contribution in [0.2, 0.25) is 0 Å². The maximum atomic E-state index is 5.70. The maximum Gasteiger partial charge on any atom is 0.615 e. The second kappa shape index (κ2) is 18.0. The molecule has 1 aliphatic heterocycles. The van der Waals surface area contributed by atoms with Crippen LogP contribution in [0, 0.1) is 0 Å². The van der Waals surface area contributed by atoms with Gasteiger partial charge < -0.3 is 27.7 Å². The molecule has 0 unspecified atom stereocenters. The Labute approximate surface area is 167 Å². The summed E-state index contributed by atoms with van der Waals surface area (Å²) in [5, 5.41) is 0. The molecule has 0 spiro atoms. The minimum absolute atomic E-state index is 0.594. The van der Waals surface area contributed by atoms with E-state index in [4.69, 9.17) is 27.7 Å². The van der Waals surface area contributed by atoms with E-state index in [2.05, 4.69) is 20.8 Å². The van der Waals surface area contributed by atoms with Crippen molar-refractivity contribution in [2.45, 2.75) is 97.8 Å². The first-order valence-electron chi connectivity index (χ1n) is 11.1. The van der Waals surface area contributed by atoms with Crippen LogP contribution in [0.25, 0.3) is 0 Å². The second-order valence-corrected chi connectivity index (χ2v) is 7.07. The van der Waals surface area contributed by atoms with Crippen molar-refractivity contribution in [2.24, 2.45) is 0 Å². The van der Waals surface area contributed by atoms with Crippen molar-refractivity contribution >= 4 is 22.0 Å². The Morgan fingerprint density at radius 1 is 0.444 bits per heavy atom. The standard InChI is InChI=1S/C18H39B3O6/c1-4-7-10-13-16-22-19-25-20(23-17-14-11-8-5-2)27-21(26-19)24-18-15-12-9-6-3/h4-18H2,1-3H3. The largest absolute Gasteiger partial charge is 0.615 e.